The van der Waals surface area contributed by atoms with Gasteiger partial charge in [-0.15, -0.1) is 0 Å². The summed E-state index contributed by atoms with van der Waals surface area (Å²) in [6.07, 6.45) is -0.0634. The van der Waals surface area contributed by atoms with E-state index in [-0.39, 0.29) is 36.7 Å². The van der Waals surface area contributed by atoms with E-state index in [1.54, 1.807) is 11.0 Å². The molecule has 1 saturated heterocycles. The van der Waals surface area contributed by atoms with E-state index >= 15 is 0 Å². The summed E-state index contributed by atoms with van der Waals surface area (Å²) in [7, 11) is 1.96. The van der Waals surface area contributed by atoms with Crippen LogP contribution in [0, 0.1) is 0 Å². The number of hydrogen-bond donors (Lipinski definition) is 2. The second-order valence-corrected chi connectivity index (χ2v) is 8.19. The van der Waals surface area contributed by atoms with Crippen LogP contribution in [0.4, 0.5) is 35.5 Å². The number of nitrogens with zero attached hydrogens (tertiary/aromatic N) is 6. The number of cyclic esters (lactones) is 1. The van der Waals surface area contributed by atoms with E-state index in [4.69, 9.17) is 9.15 Å². The summed E-state index contributed by atoms with van der Waals surface area (Å²) in [5, 5.41) is 5.32. The van der Waals surface area contributed by atoms with Crippen molar-refractivity contribution in [1.82, 2.24) is 29.7 Å². The molecule has 194 valence electrons. The third-order valence-electron chi connectivity index (χ3n) is 5.56. The maximum Gasteiger partial charge on any atom is 0.421 e. The zero-order valence-corrected chi connectivity index (χ0v) is 19.4. The molecule has 2 aliphatic rings. The maximum absolute atomic E-state index is 13.5. The molecule has 2 N–H and O–H groups in total. The smallest absolute Gasteiger partial charge is 0.421 e. The van der Waals surface area contributed by atoms with Crippen molar-refractivity contribution in [2.45, 2.75) is 12.6 Å². The molecule has 0 aliphatic carbocycles. The number of ether oxygens (including phenoxy) is 1. The van der Waals surface area contributed by atoms with Gasteiger partial charge < -0.3 is 34.5 Å². The molecule has 1 fully saturated rings. The first-order valence-electron chi connectivity index (χ1n) is 11.2. The fraction of sp³-hybridized carbons (Fsp3) is 0.476. The van der Waals surface area contributed by atoms with Crippen LogP contribution >= 0.6 is 0 Å². The lowest BCUT2D eigenvalue weighted by molar-refractivity contribution is -0.137. The number of piperazine rings is 1. The van der Waals surface area contributed by atoms with Crippen molar-refractivity contribution in [2.24, 2.45) is 0 Å². The highest BCUT2D eigenvalue weighted by Crippen LogP contribution is 2.34. The predicted molar refractivity (Wildman–Crippen MR) is 121 cm³/mol. The molecule has 0 spiro atoms. The molecule has 4 rings (SSSR count). The van der Waals surface area contributed by atoms with Crippen molar-refractivity contribution >= 4 is 29.6 Å². The number of nitrogens with one attached hydrogen (secondary N) is 2. The topological polar surface area (TPSA) is 129 Å². The molecule has 0 radical (unpaired) electrons. The van der Waals surface area contributed by atoms with Gasteiger partial charge in [-0.05, 0) is 19.5 Å². The second kappa shape index (κ2) is 10.8. The van der Waals surface area contributed by atoms with Gasteiger partial charge in [-0.25, -0.2) is 9.78 Å². The SMILES string of the molecule is CN1CCN(C(=O)c2nc(Nc3ncc(C(F)(F)F)c(NCCCN4CC=COC4=O)n3)co2)CC1. The third-order valence-corrected chi connectivity index (χ3v) is 5.56. The largest absolute Gasteiger partial charge is 0.439 e. The van der Waals surface area contributed by atoms with Crippen LogP contribution in [-0.2, 0) is 10.9 Å². The molecule has 2 aliphatic heterocycles. The Labute approximate surface area is 204 Å². The minimum atomic E-state index is -4.68. The van der Waals surface area contributed by atoms with E-state index in [1.165, 1.54) is 17.4 Å². The summed E-state index contributed by atoms with van der Waals surface area (Å²) >= 11 is 0. The van der Waals surface area contributed by atoms with Crippen molar-refractivity contribution in [3.05, 3.63) is 36.3 Å². The van der Waals surface area contributed by atoms with E-state index in [1.807, 2.05) is 7.05 Å². The number of carbonyl (C=O) groups excluding carboxylic acids is 2. The van der Waals surface area contributed by atoms with Crippen molar-refractivity contribution in [1.29, 1.82) is 0 Å². The molecule has 2 aromatic heterocycles. The first-order chi connectivity index (χ1) is 17.2. The Morgan fingerprint density at radius 1 is 1.19 bits per heavy atom. The summed E-state index contributed by atoms with van der Waals surface area (Å²) in [6, 6.07) is 0. The van der Waals surface area contributed by atoms with Crippen LogP contribution in [0.2, 0.25) is 0 Å². The first kappa shape index (κ1) is 25.2. The molecule has 0 bridgehead atoms. The highest BCUT2D eigenvalue weighted by atomic mass is 19.4. The zero-order valence-electron chi connectivity index (χ0n) is 19.4. The van der Waals surface area contributed by atoms with Crippen molar-refractivity contribution < 1.29 is 31.9 Å². The number of hydrogen-bond acceptors (Lipinski definition) is 10. The van der Waals surface area contributed by atoms with Gasteiger partial charge in [0.25, 0.3) is 5.89 Å². The number of aromatic nitrogens is 3. The number of carbonyl (C=O) groups is 2. The van der Waals surface area contributed by atoms with Crippen LogP contribution in [0.15, 0.2) is 29.2 Å². The van der Waals surface area contributed by atoms with Crippen LogP contribution in [0.3, 0.4) is 0 Å². The molecule has 36 heavy (non-hydrogen) atoms. The van der Waals surface area contributed by atoms with Gasteiger partial charge in [0.15, 0.2) is 5.82 Å². The normalized spacial score (nSPS) is 16.7. The number of likely N-dealkylation sites (N-methyl/N-ethyl adjacent to an activating group) is 1. The summed E-state index contributed by atoms with van der Waals surface area (Å²) in [4.78, 5) is 41.1. The van der Waals surface area contributed by atoms with Gasteiger partial charge in [-0.3, -0.25) is 4.79 Å². The summed E-state index contributed by atoms with van der Waals surface area (Å²) in [6.45, 7) is 3.29. The van der Waals surface area contributed by atoms with Crippen LogP contribution in [-0.4, -0.2) is 94.5 Å². The second-order valence-electron chi connectivity index (χ2n) is 8.19. The lowest BCUT2D eigenvalue weighted by Crippen LogP contribution is -2.47. The van der Waals surface area contributed by atoms with Crippen LogP contribution in [0.25, 0.3) is 0 Å². The summed E-state index contributed by atoms with van der Waals surface area (Å²) in [5.74, 6) is -1.03. The number of oxazole rings is 1. The fourth-order valence-corrected chi connectivity index (χ4v) is 3.56. The van der Waals surface area contributed by atoms with Gasteiger partial charge >= 0.3 is 18.2 Å². The number of amides is 2. The predicted octanol–water partition coefficient (Wildman–Crippen LogP) is 2.38. The molecule has 4 heterocycles. The maximum atomic E-state index is 13.5. The summed E-state index contributed by atoms with van der Waals surface area (Å²) < 4.78 is 50.4. The van der Waals surface area contributed by atoms with Gasteiger partial charge in [-0.1, -0.05) is 0 Å². The monoisotopic (exact) mass is 510 g/mol. The lowest BCUT2D eigenvalue weighted by atomic mass is 10.3. The Morgan fingerprint density at radius 3 is 2.69 bits per heavy atom. The molecule has 0 atom stereocenters. The molecule has 15 heteroatoms. The lowest BCUT2D eigenvalue weighted by Gasteiger charge is -2.31. The van der Waals surface area contributed by atoms with Gasteiger partial charge in [0.1, 0.15) is 17.6 Å². The van der Waals surface area contributed by atoms with E-state index in [0.717, 1.165) is 13.1 Å². The molecule has 2 aromatic rings. The molecule has 0 aromatic carbocycles. The van der Waals surface area contributed by atoms with Gasteiger partial charge in [-0.2, -0.15) is 23.1 Å². The average molecular weight is 510 g/mol. The van der Waals surface area contributed by atoms with Crippen LogP contribution in [0.1, 0.15) is 22.7 Å². The third kappa shape index (κ3) is 6.21. The Morgan fingerprint density at radius 2 is 1.97 bits per heavy atom. The van der Waals surface area contributed by atoms with E-state index in [9.17, 15) is 22.8 Å². The Hall–Kier alpha value is -3.88. The molecule has 0 saturated carbocycles. The first-order valence-corrected chi connectivity index (χ1v) is 11.2. The standard InChI is InChI=1S/C21H25F3N8O4/c1-30-7-9-31(10-8-30)18(33)17-27-15(13-36-17)28-19-26-12-14(21(22,23)24)16(29-19)25-4-2-5-32-6-3-11-35-20(32)34/h3,11-13H,2,4-10H2,1H3,(H2,25,26,28,29). The van der Waals surface area contributed by atoms with E-state index < -0.39 is 23.7 Å². The molecule has 12 nitrogen and oxygen atoms in total. The van der Waals surface area contributed by atoms with Crippen LogP contribution in [0.5, 0.6) is 0 Å². The van der Waals surface area contributed by atoms with Gasteiger partial charge in [0.05, 0.1) is 6.26 Å². The van der Waals surface area contributed by atoms with Gasteiger partial charge in [0.2, 0.25) is 5.95 Å². The Bertz CT molecular complexity index is 1110. The quantitative estimate of drug-likeness (QED) is 0.511. The highest BCUT2D eigenvalue weighted by molar-refractivity contribution is 5.90. The van der Waals surface area contributed by atoms with Gasteiger partial charge in [0, 0.05) is 52.0 Å². The molecule has 2 amide bonds. The number of alkyl halides is 3. The Kier molecular flexibility index (Phi) is 7.57. The number of anilines is 3. The minimum absolute atomic E-state index is 0.0786. The Balaban J connectivity index is 1.39. The summed E-state index contributed by atoms with van der Waals surface area (Å²) in [5.41, 5.74) is -1.04. The van der Waals surface area contributed by atoms with Crippen molar-refractivity contribution in [3.63, 3.8) is 0 Å². The minimum Gasteiger partial charge on any atom is -0.439 e. The van der Waals surface area contributed by atoms with E-state index in [2.05, 4.69) is 30.5 Å². The molecule has 0 unspecified atom stereocenters. The van der Waals surface area contributed by atoms with E-state index in [0.29, 0.717) is 32.3 Å². The highest BCUT2D eigenvalue weighted by Gasteiger charge is 2.35. The van der Waals surface area contributed by atoms with Crippen molar-refractivity contribution in [3.8, 4) is 0 Å². The fourth-order valence-electron chi connectivity index (χ4n) is 3.56. The number of rotatable bonds is 8. The van der Waals surface area contributed by atoms with Crippen LogP contribution < -0.4 is 10.6 Å². The number of halogens is 3. The molecular weight excluding hydrogens is 485 g/mol. The van der Waals surface area contributed by atoms with Crippen molar-refractivity contribution in [2.75, 3.05) is 63.5 Å². The zero-order chi connectivity index (χ0) is 25.7. The average Bonchev–Trinajstić information content (AvgIpc) is 3.31. The molecular formula is C21H25F3N8O4.